The molecule has 0 radical (unpaired) electrons. The first-order valence-electron chi connectivity index (χ1n) is 7.80. The predicted octanol–water partition coefficient (Wildman–Crippen LogP) is 4.73. The first-order valence-corrected chi connectivity index (χ1v) is 10.0. The standard InChI is InChI=1S/C18H14ClN5S2/c19-15-9-5-4-8-14(15)16-22-23-18(24(16)20)26-11-13-10-25-17(21-13)12-6-2-1-3-7-12/h1-10H,11,20H2. The molecule has 0 fully saturated rings. The third kappa shape index (κ3) is 3.46. The maximum atomic E-state index is 6.22. The highest BCUT2D eigenvalue weighted by Gasteiger charge is 2.15. The third-order valence-corrected chi connectivity index (χ3v) is 5.95. The van der Waals surface area contributed by atoms with E-state index < -0.39 is 0 Å². The fraction of sp³-hybridized carbons (Fsp3) is 0.0556. The van der Waals surface area contributed by atoms with Crippen LogP contribution in [0.2, 0.25) is 5.02 Å². The summed E-state index contributed by atoms with van der Waals surface area (Å²) in [6.07, 6.45) is 0. The normalized spacial score (nSPS) is 11.0. The van der Waals surface area contributed by atoms with Gasteiger partial charge in [-0.05, 0) is 12.1 Å². The van der Waals surface area contributed by atoms with E-state index in [1.54, 1.807) is 17.4 Å². The predicted molar refractivity (Wildman–Crippen MR) is 108 cm³/mol. The van der Waals surface area contributed by atoms with E-state index in [9.17, 15) is 0 Å². The molecule has 0 aliphatic carbocycles. The number of thiazole rings is 1. The number of nitrogens with two attached hydrogens (primary N) is 1. The lowest BCUT2D eigenvalue weighted by Gasteiger charge is -2.04. The Morgan fingerprint density at radius 3 is 2.62 bits per heavy atom. The molecule has 5 nitrogen and oxygen atoms in total. The van der Waals surface area contributed by atoms with Gasteiger partial charge in [0.15, 0.2) is 5.82 Å². The molecule has 0 unspecified atom stereocenters. The lowest BCUT2D eigenvalue weighted by Crippen LogP contribution is -2.11. The molecule has 4 rings (SSSR count). The Balaban J connectivity index is 1.50. The molecule has 2 heterocycles. The number of aromatic nitrogens is 4. The average molecular weight is 400 g/mol. The number of rotatable bonds is 5. The lowest BCUT2D eigenvalue weighted by atomic mass is 10.2. The monoisotopic (exact) mass is 399 g/mol. The topological polar surface area (TPSA) is 69.6 Å². The van der Waals surface area contributed by atoms with E-state index in [1.807, 2.05) is 36.4 Å². The van der Waals surface area contributed by atoms with Crippen LogP contribution in [0.15, 0.2) is 65.1 Å². The average Bonchev–Trinajstić information content (AvgIpc) is 3.28. The molecule has 0 bridgehead atoms. The number of hydrogen-bond acceptors (Lipinski definition) is 6. The molecule has 0 amide bonds. The largest absolute Gasteiger partial charge is 0.335 e. The molecule has 0 aliphatic heterocycles. The summed E-state index contributed by atoms with van der Waals surface area (Å²) in [4.78, 5) is 4.68. The van der Waals surface area contributed by atoms with Crippen molar-refractivity contribution < 1.29 is 0 Å². The lowest BCUT2D eigenvalue weighted by molar-refractivity contribution is 0.849. The summed E-state index contributed by atoms with van der Waals surface area (Å²) < 4.78 is 1.47. The van der Waals surface area contributed by atoms with E-state index in [4.69, 9.17) is 17.4 Å². The van der Waals surface area contributed by atoms with Gasteiger partial charge >= 0.3 is 0 Å². The van der Waals surface area contributed by atoms with Crippen molar-refractivity contribution in [1.29, 1.82) is 0 Å². The van der Waals surface area contributed by atoms with Crippen molar-refractivity contribution >= 4 is 34.7 Å². The van der Waals surface area contributed by atoms with Crippen LogP contribution >= 0.6 is 34.7 Å². The van der Waals surface area contributed by atoms with Gasteiger partial charge in [-0.1, -0.05) is 65.8 Å². The highest BCUT2D eigenvalue weighted by atomic mass is 35.5. The van der Waals surface area contributed by atoms with Crippen molar-refractivity contribution in [2.45, 2.75) is 10.9 Å². The van der Waals surface area contributed by atoms with Crippen LogP contribution in [0.5, 0.6) is 0 Å². The van der Waals surface area contributed by atoms with Crippen molar-refractivity contribution in [3.8, 4) is 22.0 Å². The number of thioether (sulfide) groups is 1. The quantitative estimate of drug-likeness (QED) is 0.388. The Bertz CT molecular complexity index is 1030. The minimum Gasteiger partial charge on any atom is -0.335 e. The molecule has 2 aromatic carbocycles. The van der Waals surface area contributed by atoms with E-state index in [0.717, 1.165) is 21.8 Å². The van der Waals surface area contributed by atoms with E-state index in [2.05, 4.69) is 32.7 Å². The number of benzene rings is 2. The minimum atomic E-state index is 0.543. The van der Waals surface area contributed by atoms with Crippen LogP contribution in [0.3, 0.4) is 0 Å². The Morgan fingerprint density at radius 1 is 1.04 bits per heavy atom. The van der Waals surface area contributed by atoms with Crippen LogP contribution in [0.4, 0.5) is 0 Å². The first kappa shape index (κ1) is 17.1. The molecular formula is C18H14ClN5S2. The molecule has 0 spiro atoms. The minimum absolute atomic E-state index is 0.543. The molecule has 0 saturated heterocycles. The molecule has 130 valence electrons. The highest BCUT2D eigenvalue weighted by Crippen LogP contribution is 2.30. The molecule has 26 heavy (non-hydrogen) atoms. The van der Waals surface area contributed by atoms with Gasteiger partial charge in [-0.3, -0.25) is 0 Å². The molecule has 2 N–H and O–H groups in total. The number of nitrogens with zero attached hydrogens (tertiary/aromatic N) is 4. The second-order valence-corrected chi connectivity index (χ2v) is 7.66. The fourth-order valence-corrected chi connectivity index (χ4v) is 4.33. The zero-order chi connectivity index (χ0) is 17.9. The maximum Gasteiger partial charge on any atom is 0.210 e. The Hall–Kier alpha value is -2.35. The van der Waals surface area contributed by atoms with Crippen LogP contribution in [-0.4, -0.2) is 19.9 Å². The van der Waals surface area contributed by atoms with Crippen LogP contribution in [-0.2, 0) is 5.75 Å². The fourth-order valence-electron chi connectivity index (χ4n) is 2.43. The molecule has 2 aromatic heterocycles. The summed E-state index contributed by atoms with van der Waals surface area (Å²) in [5, 5.41) is 12.6. The van der Waals surface area contributed by atoms with Crippen LogP contribution in [0, 0.1) is 0 Å². The van der Waals surface area contributed by atoms with Gasteiger partial charge < -0.3 is 5.84 Å². The molecule has 8 heteroatoms. The number of nitrogen functional groups attached to an aromatic ring is 1. The molecule has 0 aliphatic rings. The summed E-state index contributed by atoms with van der Waals surface area (Å²) in [6.45, 7) is 0. The SMILES string of the molecule is Nn1c(SCc2csc(-c3ccccc3)n2)nnc1-c1ccccc1Cl. The Kier molecular flexibility index (Phi) is 4.92. The van der Waals surface area contributed by atoms with Gasteiger partial charge in [-0.25, -0.2) is 9.66 Å². The number of halogens is 1. The summed E-state index contributed by atoms with van der Waals surface area (Å²) in [6, 6.07) is 17.6. The van der Waals surface area contributed by atoms with Gasteiger partial charge in [-0.15, -0.1) is 21.5 Å². The maximum absolute atomic E-state index is 6.22. The zero-order valence-electron chi connectivity index (χ0n) is 13.5. The van der Waals surface area contributed by atoms with Gasteiger partial charge in [0, 0.05) is 22.3 Å². The number of hydrogen-bond donors (Lipinski definition) is 1. The third-order valence-electron chi connectivity index (χ3n) is 3.70. The van der Waals surface area contributed by atoms with E-state index in [0.29, 0.717) is 21.8 Å². The smallest absolute Gasteiger partial charge is 0.210 e. The van der Waals surface area contributed by atoms with Crippen molar-refractivity contribution in [2.24, 2.45) is 0 Å². The Labute approximate surface area is 163 Å². The van der Waals surface area contributed by atoms with Crippen LogP contribution in [0.25, 0.3) is 22.0 Å². The Morgan fingerprint density at radius 2 is 1.81 bits per heavy atom. The second-order valence-electron chi connectivity index (χ2n) is 5.45. The molecule has 0 saturated carbocycles. The van der Waals surface area contributed by atoms with Crippen molar-refractivity contribution in [1.82, 2.24) is 19.9 Å². The molecular weight excluding hydrogens is 386 g/mol. The van der Waals surface area contributed by atoms with Crippen molar-refractivity contribution in [3.05, 3.63) is 70.7 Å². The first-order chi connectivity index (χ1) is 12.7. The van der Waals surface area contributed by atoms with E-state index in [1.165, 1.54) is 16.4 Å². The van der Waals surface area contributed by atoms with Gasteiger partial charge in [0.05, 0.1) is 10.7 Å². The van der Waals surface area contributed by atoms with Gasteiger partial charge in [-0.2, -0.15) is 0 Å². The van der Waals surface area contributed by atoms with E-state index in [-0.39, 0.29) is 0 Å². The molecule has 0 atom stereocenters. The zero-order valence-corrected chi connectivity index (χ0v) is 15.9. The molecule has 4 aromatic rings. The van der Waals surface area contributed by atoms with Crippen molar-refractivity contribution in [3.63, 3.8) is 0 Å². The van der Waals surface area contributed by atoms with Crippen LogP contribution in [0.1, 0.15) is 5.69 Å². The second kappa shape index (κ2) is 7.49. The van der Waals surface area contributed by atoms with Crippen LogP contribution < -0.4 is 5.84 Å². The van der Waals surface area contributed by atoms with E-state index >= 15 is 0 Å². The highest BCUT2D eigenvalue weighted by molar-refractivity contribution is 7.98. The summed E-state index contributed by atoms with van der Waals surface area (Å²) >= 11 is 9.35. The summed E-state index contributed by atoms with van der Waals surface area (Å²) in [5.74, 6) is 7.37. The summed E-state index contributed by atoms with van der Waals surface area (Å²) in [7, 11) is 0. The van der Waals surface area contributed by atoms with Crippen molar-refractivity contribution in [2.75, 3.05) is 5.84 Å². The van der Waals surface area contributed by atoms with Gasteiger partial charge in [0.25, 0.3) is 0 Å². The summed E-state index contributed by atoms with van der Waals surface area (Å²) in [5.41, 5.74) is 2.87. The van der Waals surface area contributed by atoms with Gasteiger partial charge in [0.2, 0.25) is 5.16 Å². The van der Waals surface area contributed by atoms with Gasteiger partial charge in [0.1, 0.15) is 5.01 Å².